The lowest BCUT2D eigenvalue weighted by Crippen LogP contribution is -2.31. The Bertz CT molecular complexity index is 816. The fraction of sp³-hybridized carbons (Fsp3) is 0.455. The first kappa shape index (κ1) is 19.2. The third kappa shape index (κ3) is 4.65. The summed E-state index contributed by atoms with van der Waals surface area (Å²) in [5.74, 6) is 0.781. The molecule has 1 aromatic heterocycles. The number of benzene rings is 1. The van der Waals surface area contributed by atoms with Crippen LogP contribution >= 0.6 is 11.6 Å². The second kappa shape index (κ2) is 9.39. The van der Waals surface area contributed by atoms with E-state index in [-0.39, 0.29) is 0 Å². The van der Waals surface area contributed by atoms with Crippen molar-refractivity contribution in [1.29, 1.82) is 0 Å². The number of nitrogens with zero attached hydrogens (tertiary/aromatic N) is 4. The van der Waals surface area contributed by atoms with Gasteiger partial charge >= 0.3 is 0 Å². The molecule has 2 aliphatic rings. The Morgan fingerprint density at radius 2 is 1.82 bits per heavy atom. The number of aliphatic imine (C=N–C) groups is 1. The van der Waals surface area contributed by atoms with Crippen molar-refractivity contribution in [3.8, 4) is 11.3 Å². The fourth-order valence-electron chi connectivity index (χ4n) is 3.98. The lowest BCUT2D eigenvalue weighted by Gasteiger charge is -2.26. The Hall–Kier alpha value is -2.11. The van der Waals surface area contributed by atoms with Gasteiger partial charge in [0.2, 0.25) is 5.95 Å². The minimum absolute atomic E-state index is 0.456. The molecule has 0 N–H and O–H groups in total. The molecule has 2 fully saturated rings. The summed E-state index contributed by atoms with van der Waals surface area (Å²) in [5.41, 5.74) is 2.25. The number of hydrogen-bond acceptors (Lipinski definition) is 4. The van der Waals surface area contributed by atoms with Crippen molar-refractivity contribution in [1.82, 2.24) is 14.5 Å². The van der Waals surface area contributed by atoms with Gasteiger partial charge in [0.05, 0.1) is 25.1 Å². The van der Waals surface area contributed by atoms with Crippen molar-refractivity contribution in [2.45, 2.75) is 38.1 Å². The van der Waals surface area contributed by atoms with Gasteiger partial charge in [-0.05, 0) is 36.6 Å². The molecule has 2 aromatic rings. The summed E-state index contributed by atoms with van der Waals surface area (Å²) in [7, 11) is 0. The van der Waals surface area contributed by atoms with Crippen LogP contribution in [0.25, 0.3) is 11.3 Å². The van der Waals surface area contributed by atoms with Gasteiger partial charge in [-0.25, -0.2) is 9.98 Å². The molecule has 1 aromatic carbocycles. The van der Waals surface area contributed by atoms with Gasteiger partial charge in [-0.2, -0.15) is 0 Å². The van der Waals surface area contributed by atoms with Crippen LogP contribution in [0.3, 0.4) is 0 Å². The van der Waals surface area contributed by atoms with Gasteiger partial charge in [-0.15, -0.1) is 0 Å². The summed E-state index contributed by atoms with van der Waals surface area (Å²) >= 11 is 6.08. The zero-order valence-electron chi connectivity index (χ0n) is 16.1. The smallest absolute Gasteiger partial charge is 0.230 e. The van der Waals surface area contributed by atoms with E-state index in [0.29, 0.717) is 6.04 Å². The van der Waals surface area contributed by atoms with Crippen LogP contribution in [0.15, 0.2) is 47.7 Å². The Morgan fingerprint density at radius 3 is 2.57 bits per heavy atom. The predicted octanol–water partition coefficient (Wildman–Crippen LogP) is 5.26. The summed E-state index contributed by atoms with van der Waals surface area (Å²) in [4.78, 5) is 11.6. The van der Waals surface area contributed by atoms with Gasteiger partial charge in [0.15, 0.2) is 0 Å². The lowest BCUT2D eigenvalue weighted by atomic mass is 9.95. The van der Waals surface area contributed by atoms with Crippen molar-refractivity contribution in [2.24, 2.45) is 4.99 Å². The zero-order chi connectivity index (χ0) is 19.2. The molecule has 2 heterocycles. The predicted molar refractivity (Wildman–Crippen MR) is 114 cm³/mol. The van der Waals surface area contributed by atoms with Gasteiger partial charge in [0.25, 0.3) is 0 Å². The molecular formula is C22H27ClN4O. The molecule has 1 saturated carbocycles. The summed E-state index contributed by atoms with van der Waals surface area (Å²) < 4.78 is 7.70. The molecule has 148 valence electrons. The van der Waals surface area contributed by atoms with E-state index in [9.17, 15) is 0 Å². The average molecular weight is 399 g/mol. The maximum Gasteiger partial charge on any atom is 0.230 e. The maximum absolute atomic E-state index is 6.08. The lowest BCUT2D eigenvalue weighted by molar-refractivity contribution is 0.0594. The Morgan fingerprint density at radius 1 is 1.07 bits per heavy atom. The van der Waals surface area contributed by atoms with E-state index in [2.05, 4.69) is 37.8 Å². The molecule has 0 spiro atoms. The third-order valence-corrected chi connectivity index (χ3v) is 5.73. The largest absolute Gasteiger partial charge is 0.378 e. The fourth-order valence-corrected chi connectivity index (χ4v) is 4.10. The first-order valence-corrected chi connectivity index (χ1v) is 10.5. The summed E-state index contributed by atoms with van der Waals surface area (Å²) in [5, 5.41) is 0.749. The second-order valence-electron chi connectivity index (χ2n) is 7.38. The Kier molecular flexibility index (Phi) is 6.45. The first-order chi connectivity index (χ1) is 13.8. The van der Waals surface area contributed by atoms with Crippen LogP contribution in [0.1, 0.15) is 38.1 Å². The van der Waals surface area contributed by atoms with E-state index < -0.39 is 0 Å². The molecule has 28 heavy (non-hydrogen) atoms. The monoisotopic (exact) mass is 398 g/mol. The number of ether oxygens (including phenoxy) is 1. The SMILES string of the molecule is Clc1ccc(-c2cnc(/N=C/C=C/N3CCOCC3)n2C2CCCCC2)cc1. The number of morpholine rings is 1. The molecular weight excluding hydrogens is 372 g/mol. The number of halogens is 1. The summed E-state index contributed by atoms with van der Waals surface area (Å²) in [6.07, 6.45) is 14.1. The maximum atomic E-state index is 6.08. The quantitative estimate of drug-likeness (QED) is 0.645. The van der Waals surface area contributed by atoms with E-state index in [0.717, 1.165) is 48.5 Å². The van der Waals surface area contributed by atoms with E-state index >= 15 is 0 Å². The third-order valence-electron chi connectivity index (χ3n) is 5.48. The van der Waals surface area contributed by atoms with Crippen molar-refractivity contribution in [3.63, 3.8) is 0 Å². The zero-order valence-corrected chi connectivity index (χ0v) is 16.9. The first-order valence-electron chi connectivity index (χ1n) is 10.2. The van der Waals surface area contributed by atoms with E-state index in [4.69, 9.17) is 16.3 Å². The van der Waals surface area contributed by atoms with Gasteiger partial charge in [0.1, 0.15) is 0 Å². The average Bonchev–Trinajstić information content (AvgIpc) is 3.17. The van der Waals surface area contributed by atoms with Crippen molar-refractivity contribution < 1.29 is 4.74 Å². The molecule has 0 atom stereocenters. The number of rotatable bonds is 5. The number of aromatic nitrogens is 2. The van der Waals surface area contributed by atoms with Crippen LogP contribution in [0, 0.1) is 0 Å². The topological polar surface area (TPSA) is 42.6 Å². The van der Waals surface area contributed by atoms with Gasteiger partial charge < -0.3 is 14.2 Å². The van der Waals surface area contributed by atoms with Crippen LogP contribution in [0.4, 0.5) is 5.95 Å². The minimum Gasteiger partial charge on any atom is -0.378 e. The van der Waals surface area contributed by atoms with Crippen LogP contribution in [-0.4, -0.2) is 47.0 Å². The van der Waals surface area contributed by atoms with Crippen LogP contribution in [0.2, 0.25) is 5.02 Å². The molecule has 0 amide bonds. The molecule has 0 radical (unpaired) electrons. The Labute approximate surface area is 171 Å². The van der Waals surface area contributed by atoms with Crippen LogP contribution in [0.5, 0.6) is 0 Å². The van der Waals surface area contributed by atoms with Crippen molar-refractivity contribution >= 4 is 23.8 Å². The molecule has 6 heteroatoms. The number of imidazole rings is 1. The van der Waals surface area contributed by atoms with Crippen LogP contribution in [-0.2, 0) is 4.74 Å². The molecule has 4 rings (SSSR count). The summed E-state index contributed by atoms with van der Waals surface area (Å²) in [6, 6.07) is 8.44. The Balaban J connectivity index is 1.58. The van der Waals surface area contributed by atoms with Gasteiger partial charge in [0, 0.05) is 36.6 Å². The number of allylic oxidation sites excluding steroid dienone is 1. The molecule has 1 saturated heterocycles. The molecule has 5 nitrogen and oxygen atoms in total. The highest BCUT2D eigenvalue weighted by Crippen LogP contribution is 2.36. The van der Waals surface area contributed by atoms with E-state index in [1.54, 1.807) is 0 Å². The van der Waals surface area contributed by atoms with Gasteiger partial charge in [-0.3, -0.25) is 0 Å². The normalized spacial score (nSPS) is 19.1. The van der Waals surface area contributed by atoms with Crippen molar-refractivity contribution in [3.05, 3.63) is 47.8 Å². The number of hydrogen-bond donors (Lipinski definition) is 0. The van der Waals surface area contributed by atoms with E-state index in [1.807, 2.05) is 30.6 Å². The van der Waals surface area contributed by atoms with E-state index in [1.165, 1.54) is 32.1 Å². The summed E-state index contributed by atoms with van der Waals surface area (Å²) in [6.45, 7) is 3.44. The van der Waals surface area contributed by atoms with Crippen LogP contribution < -0.4 is 0 Å². The van der Waals surface area contributed by atoms with Crippen molar-refractivity contribution in [2.75, 3.05) is 26.3 Å². The second-order valence-corrected chi connectivity index (χ2v) is 7.82. The molecule has 0 bridgehead atoms. The highest BCUT2D eigenvalue weighted by Gasteiger charge is 2.22. The molecule has 1 aliphatic carbocycles. The highest BCUT2D eigenvalue weighted by atomic mass is 35.5. The minimum atomic E-state index is 0.456. The molecule has 0 unspecified atom stereocenters. The molecule has 1 aliphatic heterocycles. The van der Waals surface area contributed by atoms with Gasteiger partial charge in [-0.1, -0.05) is 43.0 Å². The standard InChI is InChI=1S/C22H27ClN4O/c23-19-9-7-18(8-10-19)21-17-25-22(27(21)20-5-2-1-3-6-20)24-11-4-12-26-13-15-28-16-14-26/h4,7-12,17,20H,1-3,5-6,13-16H2/b12-4+,24-11+. The highest BCUT2D eigenvalue weighted by molar-refractivity contribution is 6.30.